The maximum Gasteiger partial charge on any atom is 0.239 e. The van der Waals surface area contributed by atoms with Gasteiger partial charge in [-0.15, -0.1) is 0 Å². The molecule has 0 bridgehead atoms. The summed E-state index contributed by atoms with van der Waals surface area (Å²) in [5.74, 6) is 1.44. The number of imidazole rings is 1. The highest BCUT2D eigenvalue weighted by atomic mass is 16.1. The Labute approximate surface area is 145 Å². The fourth-order valence-corrected chi connectivity index (χ4v) is 2.39. The third kappa shape index (κ3) is 4.23. The van der Waals surface area contributed by atoms with E-state index in [2.05, 4.69) is 25.6 Å². The molecule has 3 aromatic heterocycles. The Morgan fingerprint density at radius 2 is 1.92 bits per heavy atom. The van der Waals surface area contributed by atoms with E-state index in [9.17, 15) is 4.79 Å². The van der Waals surface area contributed by atoms with Gasteiger partial charge in [0, 0.05) is 37.2 Å². The van der Waals surface area contributed by atoms with Crippen molar-refractivity contribution in [1.82, 2.24) is 29.4 Å². The summed E-state index contributed by atoms with van der Waals surface area (Å²) in [7, 11) is 0. The molecule has 2 N–H and O–H groups in total. The molecule has 3 heterocycles. The van der Waals surface area contributed by atoms with Crippen molar-refractivity contribution < 1.29 is 4.79 Å². The van der Waals surface area contributed by atoms with Gasteiger partial charge in [-0.05, 0) is 26.0 Å². The minimum atomic E-state index is -0.0223. The van der Waals surface area contributed by atoms with Gasteiger partial charge in [-0.3, -0.25) is 9.36 Å². The van der Waals surface area contributed by atoms with E-state index < -0.39 is 0 Å². The molecule has 0 aliphatic carbocycles. The average Bonchev–Trinajstić information content (AvgIpc) is 3.23. The largest absolute Gasteiger partial charge is 0.368 e. The van der Waals surface area contributed by atoms with E-state index in [0.29, 0.717) is 25.5 Å². The zero-order valence-corrected chi connectivity index (χ0v) is 14.3. The molecule has 8 heteroatoms. The number of carbonyl (C=O) groups is 1. The molecule has 0 aliphatic rings. The summed E-state index contributed by atoms with van der Waals surface area (Å²) in [6.07, 6.45) is 6.98. The summed E-state index contributed by atoms with van der Waals surface area (Å²) in [6.45, 7) is 5.38. The highest BCUT2D eigenvalue weighted by Gasteiger charge is 2.07. The van der Waals surface area contributed by atoms with E-state index in [-0.39, 0.29) is 5.91 Å². The van der Waals surface area contributed by atoms with Crippen LogP contribution in [0.4, 0.5) is 5.82 Å². The van der Waals surface area contributed by atoms with Crippen LogP contribution in [0.25, 0.3) is 5.82 Å². The van der Waals surface area contributed by atoms with Gasteiger partial charge in [0.2, 0.25) is 5.91 Å². The van der Waals surface area contributed by atoms with Crippen LogP contribution >= 0.6 is 0 Å². The van der Waals surface area contributed by atoms with Gasteiger partial charge < -0.3 is 15.2 Å². The van der Waals surface area contributed by atoms with Crippen LogP contribution in [0.3, 0.4) is 0 Å². The second-order valence-electron chi connectivity index (χ2n) is 5.68. The highest BCUT2D eigenvalue weighted by Crippen LogP contribution is 2.13. The highest BCUT2D eigenvalue weighted by molar-refractivity contribution is 5.75. The molecule has 1 amide bonds. The normalized spacial score (nSPS) is 10.6. The first kappa shape index (κ1) is 16.7. The van der Waals surface area contributed by atoms with E-state index in [1.165, 1.54) is 6.33 Å². The fourth-order valence-electron chi connectivity index (χ4n) is 2.39. The first-order chi connectivity index (χ1) is 12.1. The number of hydrogen-bond acceptors (Lipinski definition) is 5. The van der Waals surface area contributed by atoms with Crippen molar-refractivity contribution in [3.63, 3.8) is 0 Å². The molecule has 3 rings (SSSR count). The first-order valence-electron chi connectivity index (χ1n) is 8.08. The van der Waals surface area contributed by atoms with Gasteiger partial charge in [0.25, 0.3) is 0 Å². The molecule has 0 aliphatic heterocycles. The van der Waals surface area contributed by atoms with Crippen LogP contribution in [-0.4, -0.2) is 43.1 Å². The van der Waals surface area contributed by atoms with Crippen LogP contribution in [0.5, 0.6) is 0 Å². The van der Waals surface area contributed by atoms with Crippen LogP contribution < -0.4 is 10.6 Å². The second kappa shape index (κ2) is 7.61. The monoisotopic (exact) mass is 339 g/mol. The van der Waals surface area contributed by atoms with Gasteiger partial charge in [0.05, 0.1) is 5.69 Å². The van der Waals surface area contributed by atoms with Crippen LogP contribution in [0.1, 0.15) is 11.4 Å². The van der Waals surface area contributed by atoms with Gasteiger partial charge in [-0.1, -0.05) is 0 Å². The van der Waals surface area contributed by atoms with Crippen LogP contribution in [0, 0.1) is 13.8 Å². The Morgan fingerprint density at radius 1 is 1.12 bits per heavy atom. The van der Waals surface area contributed by atoms with Crippen molar-refractivity contribution in [2.45, 2.75) is 20.4 Å². The number of rotatable bonds is 7. The number of hydrogen-bond donors (Lipinski definition) is 2. The Morgan fingerprint density at radius 3 is 2.64 bits per heavy atom. The third-order valence-corrected chi connectivity index (χ3v) is 3.90. The molecule has 8 nitrogen and oxygen atoms in total. The number of aryl methyl sites for hydroxylation is 1. The van der Waals surface area contributed by atoms with Gasteiger partial charge in [0.1, 0.15) is 30.8 Å². The Kier molecular flexibility index (Phi) is 5.08. The molecule has 0 spiro atoms. The molecule has 0 atom stereocenters. The third-order valence-electron chi connectivity index (χ3n) is 3.90. The smallest absolute Gasteiger partial charge is 0.239 e. The molecule has 0 fully saturated rings. The van der Waals surface area contributed by atoms with Crippen LogP contribution in [0.15, 0.2) is 43.2 Å². The van der Waals surface area contributed by atoms with E-state index >= 15 is 0 Å². The summed E-state index contributed by atoms with van der Waals surface area (Å²) in [4.78, 5) is 24.6. The lowest BCUT2D eigenvalue weighted by Crippen LogP contribution is -2.31. The second-order valence-corrected chi connectivity index (χ2v) is 5.68. The van der Waals surface area contributed by atoms with Crippen LogP contribution in [0.2, 0.25) is 0 Å². The standard InChI is InChI=1S/C17H21N7O/c1-13-14(2)24(12-22-13)16-9-15(20-11-21-16)18-5-6-19-17(25)10-23-7-3-4-8-23/h3-4,7-9,11-12H,5-6,10H2,1-2H3,(H,19,25)(H,18,20,21). The molecular weight excluding hydrogens is 318 g/mol. The number of anilines is 1. The van der Waals surface area contributed by atoms with Crippen LogP contribution in [-0.2, 0) is 11.3 Å². The number of nitrogens with one attached hydrogen (secondary N) is 2. The van der Waals surface area contributed by atoms with Gasteiger partial charge in [0.15, 0.2) is 0 Å². The summed E-state index contributed by atoms with van der Waals surface area (Å²) in [5, 5.41) is 6.06. The zero-order valence-electron chi connectivity index (χ0n) is 14.3. The lowest BCUT2D eigenvalue weighted by atomic mass is 10.4. The number of carbonyl (C=O) groups excluding carboxylic acids is 1. The fraction of sp³-hybridized carbons (Fsp3) is 0.294. The first-order valence-corrected chi connectivity index (χ1v) is 8.08. The van der Waals surface area contributed by atoms with Gasteiger partial charge in [-0.25, -0.2) is 15.0 Å². The van der Waals surface area contributed by atoms with E-state index in [1.54, 1.807) is 6.33 Å². The minimum Gasteiger partial charge on any atom is -0.368 e. The summed E-state index contributed by atoms with van der Waals surface area (Å²) >= 11 is 0. The molecule has 0 saturated heterocycles. The predicted molar refractivity (Wildman–Crippen MR) is 94.6 cm³/mol. The number of amides is 1. The zero-order chi connectivity index (χ0) is 17.6. The lowest BCUT2D eigenvalue weighted by Gasteiger charge is -2.09. The van der Waals surface area contributed by atoms with E-state index in [0.717, 1.165) is 17.2 Å². The van der Waals surface area contributed by atoms with Crippen molar-refractivity contribution in [3.05, 3.63) is 54.6 Å². The van der Waals surface area contributed by atoms with E-state index in [1.807, 2.05) is 53.6 Å². The lowest BCUT2D eigenvalue weighted by molar-refractivity contribution is -0.121. The van der Waals surface area contributed by atoms with Crippen molar-refractivity contribution >= 4 is 11.7 Å². The maximum atomic E-state index is 11.8. The molecule has 130 valence electrons. The quantitative estimate of drug-likeness (QED) is 0.634. The van der Waals surface area contributed by atoms with E-state index in [4.69, 9.17) is 0 Å². The van der Waals surface area contributed by atoms with Crippen molar-refractivity contribution in [2.75, 3.05) is 18.4 Å². The Balaban J connectivity index is 1.49. The molecule has 0 unspecified atom stereocenters. The van der Waals surface area contributed by atoms with Crippen molar-refractivity contribution in [2.24, 2.45) is 0 Å². The predicted octanol–water partition coefficient (Wildman–Crippen LogP) is 1.31. The molecule has 0 saturated carbocycles. The summed E-state index contributed by atoms with van der Waals surface area (Å²) in [6, 6.07) is 5.64. The van der Waals surface area contributed by atoms with Gasteiger partial charge >= 0.3 is 0 Å². The SMILES string of the molecule is Cc1ncn(-c2cc(NCCNC(=O)Cn3cccc3)ncn2)c1C. The topological polar surface area (TPSA) is 89.7 Å². The summed E-state index contributed by atoms with van der Waals surface area (Å²) in [5.41, 5.74) is 2.01. The minimum absolute atomic E-state index is 0.0223. The Bertz CT molecular complexity index is 839. The van der Waals surface area contributed by atoms with Gasteiger partial charge in [-0.2, -0.15) is 0 Å². The molecule has 0 aromatic carbocycles. The molecule has 0 radical (unpaired) electrons. The number of nitrogens with zero attached hydrogens (tertiary/aromatic N) is 5. The van der Waals surface area contributed by atoms with Crippen molar-refractivity contribution in [3.8, 4) is 5.82 Å². The average molecular weight is 339 g/mol. The van der Waals surface area contributed by atoms with Crippen molar-refractivity contribution in [1.29, 1.82) is 0 Å². The summed E-state index contributed by atoms with van der Waals surface area (Å²) < 4.78 is 3.75. The molecule has 25 heavy (non-hydrogen) atoms. The Hall–Kier alpha value is -3.16. The molecule has 3 aromatic rings. The number of aromatic nitrogens is 5. The molecular formula is C17H21N7O. The maximum absolute atomic E-state index is 11.8.